The number of carboxylic acids is 1. The van der Waals surface area contributed by atoms with Crippen molar-refractivity contribution in [2.24, 2.45) is 0 Å². The Kier molecular flexibility index (Phi) is 13.0. The highest BCUT2D eigenvalue weighted by Gasteiger charge is 2.62. The van der Waals surface area contributed by atoms with Crippen LogP contribution in [0.3, 0.4) is 0 Å². The van der Waals surface area contributed by atoms with Gasteiger partial charge in [0.05, 0.1) is 0 Å². The lowest BCUT2D eigenvalue weighted by molar-refractivity contribution is -0.188. The maximum Gasteiger partial charge on any atom is 0.410 e. The van der Waals surface area contributed by atoms with E-state index in [-0.39, 0.29) is 17.9 Å². The number of likely N-dealkylation sites (N-methyl/N-ethyl adjacent to an activating group) is 1. The third kappa shape index (κ3) is 9.30. The van der Waals surface area contributed by atoms with Gasteiger partial charge in [-0.25, -0.2) is 9.59 Å². The fourth-order valence-electron chi connectivity index (χ4n) is 2.85. The van der Waals surface area contributed by atoms with Crippen molar-refractivity contribution in [2.45, 2.75) is 57.7 Å². The van der Waals surface area contributed by atoms with E-state index in [1.54, 1.807) is 36.6 Å². The van der Waals surface area contributed by atoms with Gasteiger partial charge in [-0.3, -0.25) is 10.1 Å². The zero-order valence-electron chi connectivity index (χ0n) is 19.8. The molecule has 1 aromatic rings. The molecule has 0 aliphatic carbocycles. The summed E-state index contributed by atoms with van der Waals surface area (Å²) in [6.45, 7) is 5.79. The molecule has 2 N–H and O–H groups in total. The maximum atomic E-state index is 12.4. The molecule has 1 aromatic carbocycles. The zero-order valence-corrected chi connectivity index (χ0v) is 21.5. The molecule has 10 heteroatoms. The average molecular weight is 499 g/mol. The van der Waals surface area contributed by atoms with Crippen LogP contribution in [0.4, 0.5) is 4.79 Å². The van der Waals surface area contributed by atoms with Crippen molar-refractivity contribution < 1.29 is 29.0 Å². The van der Waals surface area contributed by atoms with Gasteiger partial charge in [0.2, 0.25) is 0 Å². The second-order valence-electron chi connectivity index (χ2n) is 7.58. The summed E-state index contributed by atoms with van der Waals surface area (Å²) < 4.78 is 10.7. The molecular formula is C23H34N2O6S2. The van der Waals surface area contributed by atoms with E-state index in [9.17, 15) is 14.4 Å². The molecule has 0 unspecified atom stereocenters. The van der Waals surface area contributed by atoms with Crippen molar-refractivity contribution in [3.63, 3.8) is 0 Å². The number of carbonyl (C=O) groups excluding carboxylic acids is 2. The number of allylic oxidation sites excluding steroid dienone is 1. The van der Waals surface area contributed by atoms with Crippen molar-refractivity contribution in [3.05, 3.63) is 47.5 Å². The maximum absolute atomic E-state index is 12.4. The minimum Gasteiger partial charge on any atom is -0.478 e. The summed E-state index contributed by atoms with van der Waals surface area (Å²) >= 11 is 0. The lowest BCUT2D eigenvalue weighted by Crippen LogP contribution is -2.78. The van der Waals surface area contributed by atoms with Crippen LogP contribution in [0.2, 0.25) is 0 Å². The minimum atomic E-state index is -1.37. The number of hydrogen-bond donors (Lipinski definition) is 2. The van der Waals surface area contributed by atoms with Gasteiger partial charge in [-0.1, -0.05) is 77.3 Å². The molecule has 2 atom stereocenters. The van der Waals surface area contributed by atoms with Crippen LogP contribution >= 0.6 is 21.6 Å². The van der Waals surface area contributed by atoms with Crippen LogP contribution in [0.15, 0.2) is 42.0 Å². The van der Waals surface area contributed by atoms with Crippen molar-refractivity contribution in [1.29, 1.82) is 0 Å². The topological polar surface area (TPSA) is 105 Å². The van der Waals surface area contributed by atoms with Crippen molar-refractivity contribution in [3.8, 4) is 0 Å². The Balaban J connectivity index is 0.000000675. The molecule has 2 rings (SSSR count). The standard InChI is InChI=1S/C18H26N2O4S2.C5H8O2/c1-4-5-9-12-25-26-16-18(23-3,15(21)20(16)2)19-17(22)24-13-14-10-7-6-8-11-14;1-4(2)3-5(6)7/h6-8,10-11,16H,4-5,9,12-13H2,1-3H3,(H,19,22);3H,1-2H3,(H,6,7)/t16-,18+;/m1./s1. The Morgan fingerprint density at radius 3 is 2.42 bits per heavy atom. The summed E-state index contributed by atoms with van der Waals surface area (Å²) in [6, 6.07) is 9.38. The number of nitrogens with zero attached hydrogens (tertiary/aromatic N) is 1. The van der Waals surface area contributed by atoms with Crippen LogP contribution in [0.1, 0.15) is 45.6 Å². The molecule has 8 nitrogen and oxygen atoms in total. The SMILES string of the molecule is CC(C)=CC(=O)O.CCCCCSS[C@H]1N(C)C(=O)[C@]1(NC(=O)OCc1ccccc1)OC. The van der Waals surface area contributed by atoms with E-state index in [1.165, 1.54) is 36.8 Å². The molecular weight excluding hydrogens is 464 g/mol. The van der Waals surface area contributed by atoms with Gasteiger partial charge in [-0.15, -0.1) is 0 Å². The molecule has 0 bridgehead atoms. The number of methoxy groups -OCH3 is 1. The molecule has 1 aliphatic heterocycles. The highest BCUT2D eigenvalue weighted by atomic mass is 33.1. The number of β-lactam (4-membered cyclic amide) rings is 1. The number of aliphatic carboxylic acids is 1. The van der Waals surface area contributed by atoms with E-state index in [2.05, 4.69) is 12.2 Å². The van der Waals surface area contributed by atoms with Gasteiger partial charge in [0.15, 0.2) is 0 Å². The number of nitrogens with one attached hydrogen (secondary N) is 1. The molecule has 0 spiro atoms. The first-order valence-electron chi connectivity index (χ1n) is 10.6. The summed E-state index contributed by atoms with van der Waals surface area (Å²) in [5.74, 6) is -0.154. The summed E-state index contributed by atoms with van der Waals surface area (Å²) in [7, 11) is 6.37. The second kappa shape index (κ2) is 14.9. The van der Waals surface area contributed by atoms with Crippen LogP contribution in [-0.4, -0.2) is 59.0 Å². The number of ether oxygens (including phenoxy) is 2. The Morgan fingerprint density at radius 2 is 1.91 bits per heavy atom. The Labute approximate surface area is 203 Å². The van der Waals surface area contributed by atoms with E-state index >= 15 is 0 Å². The Morgan fingerprint density at radius 1 is 1.24 bits per heavy atom. The summed E-state index contributed by atoms with van der Waals surface area (Å²) in [5.41, 5.74) is 0.321. The lowest BCUT2D eigenvalue weighted by atomic mass is 10.0. The third-order valence-corrected chi connectivity index (χ3v) is 7.44. The first kappa shape index (κ1) is 28.9. The molecule has 184 valence electrons. The van der Waals surface area contributed by atoms with Gasteiger partial charge in [0.1, 0.15) is 12.0 Å². The van der Waals surface area contributed by atoms with E-state index in [0.717, 1.165) is 23.3 Å². The van der Waals surface area contributed by atoms with Crippen molar-refractivity contribution in [2.75, 3.05) is 19.9 Å². The van der Waals surface area contributed by atoms with Gasteiger partial charge in [0, 0.05) is 26.0 Å². The molecule has 1 heterocycles. The molecule has 1 aliphatic rings. The van der Waals surface area contributed by atoms with Gasteiger partial charge in [-0.05, 0) is 25.8 Å². The molecule has 1 fully saturated rings. The van der Waals surface area contributed by atoms with E-state index in [0.29, 0.717) is 0 Å². The predicted molar refractivity (Wildman–Crippen MR) is 133 cm³/mol. The van der Waals surface area contributed by atoms with Gasteiger partial charge in [-0.2, -0.15) is 0 Å². The van der Waals surface area contributed by atoms with E-state index < -0.39 is 17.8 Å². The Hall–Kier alpha value is -2.17. The molecule has 0 saturated carbocycles. The normalized spacial score (nSPS) is 19.0. The fourth-order valence-corrected chi connectivity index (χ4v) is 5.83. The number of alkyl carbamates (subject to hydrolysis) is 1. The molecule has 0 aromatic heterocycles. The molecule has 33 heavy (non-hydrogen) atoms. The van der Waals surface area contributed by atoms with E-state index in [4.69, 9.17) is 14.6 Å². The fraction of sp³-hybridized carbons (Fsp3) is 0.522. The number of carboxylic acid groups (broad SMARTS) is 1. The first-order chi connectivity index (χ1) is 15.7. The monoisotopic (exact) mass is 498 g/mol. The number of carbonyl (C=O) groups is 3. The van der Waals surface area contributed by atoms with Gasteiger partial charge in [0.25, 0.3) is 11.6 Å². The first-order valence-corrected chi connectivity index (χ1v) is 13.0. The number of likely N-dealkylation sites (tertiary alicyclic amines) is 1. The smallest absolute Gasteiger partial charge is 0.410 e. The second-order valence-corrected chi connectivity index (χ2v) is 10.1. The quantitative estimate of drug-likeness (QED) is 0.149. The van der Waals surface area contributed by atoms with Crippen LogP contribution in [-0.2, 0) is 25.7 Å². The van der Waals surface area contributed by atoms with Crippen LogP contribution < -0.4 is 5.32 Å². The number of benzene rings is 1. The number of unbranched alkanes of at least 4 members (excludes halogenated alkanes) is 2. The van der Waals surface area contributed by atoms with Gasteiger partial charge < -0.3 is 19.5 Å². The van der Waals surface area contributed by atoms with Crippen LogP contribution in [0, 0.1) is 0 Å². The minimum absolute atomic E-state index is 0.139. The van der Waals surface area contributed by atoms with Crippen LogP contribution in [0.25, 0.3) is 0 Å². The molecule has 2 amide bonds. The van der Waals surface area contributed by atoms with Gasteiger partial charge >= 0.3 is 12.1 Å². The third-order valence-electron chi connectivity index (χ3n) is 4.56. The number of rotatable bonds is 11. The highest BCUT2D eigenvalue weighted by Crippen LogP contribution is 2.43. The number of amides is 2. The predicted octanol–water partition coefficient (Wildman–Crippen LogP) is 4.66. The van der Waals surface area contributed by atoms with Crippen LogP contribution in [0.5, 0.6) is 0 Å². The summed E-state index contributed by atoms with van der Waals surface area (Å²) in [6.07, 6.45) is 3.99. The van der Waals surface area contributed by atoms with Crippen molar-refractivity contribution in [1.82, 2.24) is 10.2 Å². The summed E-state index contributed by atoms with van der Waals surface area (Å²) in [5, 5.41) is 10.3. The Bertz CT molecular complexity index is 801. The van der Waals surface area contributed by atoms with Crippen molar-refractivity contribution >= 4 is 39.6 Å². The number of hydrogen-bond acceptors (Lipinski definition) is 7. The largest absolute Gasteiger partial charge is 0.478 e. The van der Waals surface area contributed by atoms with E-state index in [1.807, 2.05) is 30.3 Å². The summed E-state index contributed by atoms with van der Waals surface area (Å²) in [4.78, 5) is 35.9. The highest BCUT2D eigenvalue weighted by molar-refractivity contribution is 8.77. The lowest BCUT2D eigenvalue weighted by Gasteiger charge is -2.51. The molecule has 0 radical (unpaired) electrons. The zero-order chi connectivity index (χ0) is 24.9. The molecule has 1 saturated heterocycles. The average Bonchev–Trinajstić information content (AvgIpc) is 2.78.